The van der Waals surface area contributed by atoms with E-state index in [0.717, 1.165) is 33.8 Å². The Morgan fingerprint density at radius 1 is 1.03 bits per heavy atom. The molecule has 0 bridgehead atoms. The van der Waals surface area contributed by atoms with Crippen molar-refractivity contribution in [3.05, 3.63) is 101 Å². The summed E-state index contributed by atoms with van der Waals surface area (Å²) in [7, 11) is 1.64. The number of rotatable bonds is 7. The summed E-state index contributed by atoms with van der Waals surface area (Å²) in [6.07, 6.45) is 3.55. The van der Waals surface area contributed by atoms with Crippen LogP contribution < -0.4 is 4.74 Å². The van der Waals surface area contributed by atoms with E-state index >= 15 is 0 Å². The van der Waals surface area contributed by atoms with Crippen LogP contribution in [0.2, 0.25) is 10.0 Å². The molecule has 1 saturated heterocycles. The highest BCUT2D eigenvalue weighted by Crippen LogP contribution is 2.29. The zero-order valence-corrected chi connectivity index (χ0v) is 21.2. The van der Waals surface area contributed by atoms with Crippen LogP contribution in [0.3, 0.4) is 0 Å². The number of amides is 1. The molecule has 0 saturated carbocycles. The van der Waals surface area contributed by atoms with E-state index in [4.69, 9.17) is 32.7 Å². The van der Waals surface area contributed by atoms with Crippen LogP contribution in [0.5, 0.6) is 5.75 Å². The lowest BCUT2D eigenvalue weighted by molar-refractivity contribution is -0.153. The Hall–Kier alpha value is -3.32. The van der Waals surface area contributed by atoms with E-state index in [1.807, 2.05) is 70.3 Å². The molecule has 2 heterocycles. The van der Waals surface area contributed by atoms with Gasteiger partial charge in [0.25, 0.3) is 5.91 Å². The molecular weight excluding hydrogens is 497 g/mol. The number of nitrogens with zero attached hydrogens (tertiary/aromatic N) is 3. The molecule has 0 spiro atoms. The second kappa shape index (κ2) is 10.7. The highest BCUT2D eigenvalue weighted by molar-refractivity contribution is 6.42. The summed E-state index contributed by atoms with van der Waals surface area (Å²) in [4.78, 5) is 19.5. The Labute approximate surface area is 220 Å². The number of halogens is 2. The minimum Gasteiger partial charge on any atom is -0.497 e. The van der Waals surface area contributed by atoms with Crippen LogP contribution in [-0.2, 0) is 22.5 Å². The number of imidazole rings is 1. The van der Waals surface area contributed by atoms with Crippen LogP contribution in [-0.4, -0.2) is 46.7 Å². The highest BCUT2D eigenvalue weighted by atomic mass is 35.5. The standard InChI is InChI=1S/C28H25Cl2N3O3/c1-35-24-8-5-19(6-9-24)16-32-11-12-36-27(28(32)34)15-22-17-33(18-31-22)23-4-2-3-20(13-23)21-7-10-25(29)26(30)14-21/h2-10,13-14,17-18,27H,11-12,15-16H2,1H3/t27-/m0/s1. The number of carbonyl (C=O) groups is 1. The number of carbonyl (C=O) groups excluding carboxylic acids is 1. The molecule has 5 rings (SSSR count). The fourth-order valence-corrected chi connectivity index (χ4v) is 4.56. The van der Waals surface area contributed by atoms with Gasteiger partial charge in [-0.25, -0.2) is 4.98 Å². The molecule has 36 heavy (non-hydrogen) atoms. The van der Waals surface area contributed by atoms with Gasteiger partial charge in [0.1, 0.15) is 11.9 Å². The number of methoxy groups -OCH3 is 1. The first-order valence-corrected chi connectivity index (χ1v) is 12.4. The van der Waals surface area contributed by atoms with Crippen molar-refractivity contribution in [3.63, 3.8) is 0 Å². The van der Waals surface area contributed by atoms with Gasteiger partial charge in [0.05, 0.1) is 35.8 Å². The largest absolute Gasteiger partial charge is 0.497 e. The molecule has 0 radical (unpaired) electrons. The van der Waals surface area contributed by atoms with E-state index in [-0.39, 0.29) is 5.91 Å². The zero-order chi connectivity index (χ0) is 25.1. The first kappa shape index (κ1) is 24.4. The third-order valence-corrected chi connectivity index (χ3v) is 6.97. The predicted octanol–water partition coefficient (Wildman–Crippen LogP) is 5.82. The maximum atomic E-state index is 13.1. The molecule has 4 aromatic rings. The van der Waals surface area contributed by atoms with E-state index < -0.39 is 6.10 Å². The van der Waals surface area contributed by atoms with E-state index in [1.54, 1.807) is 19.5 Å². The summed E-state index contributed by atoms with van der Waals surface area (Å²) in [6.45, 7) is 1.61. The summed E-state index contributed by atoms with van der Waals surface area (Å²) < 4.78 is 13.0. The molecule has 0 N–H and O–H groups in total. The van der Waals surface area contributed by atoms with Gasteiger partial charge in [0.2, 0.25) is 0 Å². The third kappa shape index (κ3) is 5.41. The first-order valence-electron chi connectivity index (χ1n) is 11.6. The summed E-state index contributed by atoms with van der Waals surface area (Å²) in [5.74, 6) is 0.774. The van der Waals surface area contributed by atoms with Gasteiger partial charge in [-0.3, -0.25) is 4.79 Å². The second-order valence-electron chi connectivity index (χ2n) is 8.62. The summed E-state index contributed by atoms with van der Waals surface area (Å²) in [5.41, 5.74) is 4.79. The average Bonchev–Trinajstić information content (AvgIpc) is 3.37. The molecule has 1 atom stereocenters. The molecule has 184 valence electrons. The molecule has 1 amide bonds. The van der Waals surface area contributed by atoms with E-state index in [9.17, 15) is 4.79 Å². The Morgan fingerprint density at radius 3 is 2.61 bits per heavy atom. The lowest BCUT2D eigenvalue weighted by Crippen LogP contribution is -2.48. The van der Waals surface area contributed by atoms with Crippen LogP contribution in [0.15, 0.2) is 79.3 Å². The van der Waals surface area contributed by atoms with Gasteiger partial charge in [0, 0.05) is 31.4 Å². The van der Waals surface area contributed by atoms with Crippen molar-refractivity contribution in [2.75, 3.05) is 20.3 Å². The third-order valence-electron chi connectivity index (χ3n) is 6.23. The highest BCUT2D eigenvalue weighted by Gasteiger charge is 2.30. The number of benzene rings is 3. The summed E-state index contributed by atoms with van der Waals surface area (Å²) in [5, 5.41) is 1.04. The van der Waals surface area contributed by atoms with Crippen molar-refractivity contribution in [1.29, 1.82) is 0 Å². The molecule has 1 aliphatic rings. The van der Waals surface area contributed by atoms with Gasteiger partial charge in [-0.15, -0.1) is 0 Å². The Kier molecular flexibility index (Phi) is 7.28. The van der Waals surface area contributed by atoms with Crippen LogP contribution in [0.25, 0.3) is 16.8 Å². The normalized spacial score (nSPS) is 15.8. The molecule has 1 aromatic heterocycles. The number of ether oxygens (including phenoxy) is 2. The number of hydrogen-bond donors (Lipinski definition) is 0. The van der Waals surface area contributed by atoms with Crippen molar-refractivity contribution in [1.82, 2.24) is 14.5 Å². The van der Waals surface area contributed by atoms with Crippen LogP contribution >= 0.6 is 23.2 Å². The van der Waals surface area contributed by atoms with E-state index in [2.05, 4.69) is 11.1 Å². The smallest absolute Gasteiger partial charge is 0.252 e. The molecule has 3 aromatic carbocycles. The molecule has 6 nitrogen and oxygen atoms in total. The van der Waals surface area contributed by atoms with Gasteiger partial charge in [0.15, 0.2) is 0 Å². The lowest BCUT2D eigenvalue weighted by atomic mass is 10.1. The van der Waals surface area contributed by atoms with Crippen molar-refractivity contribution in [2.24, 2.45) is 0 Å². The molecule has 0 aliphatic carbocycles. The molecule has 1 fully saturated rings. The van der Waals surface area contributed by atoms with Crippen molar-refractivity contribution < 1.29 is 14.3 Å². The quantitative estimate of drug-likeness (QED) is 0.307. The number of aromatic nitrogens is 2. The first-order chi connectivity index (χ1) is 17.5. The van der Waals surface area contributed by atoms with Gasteiger partial charge < -0.3 is 18.9 Å². The van der Waals surface area contributed by atoms with Crippen LogP contribution in [0, 0.1) is 0 Å². The lowest BCUT2D eigenvalue weighted by Gasteiger charge is -2.32. The molecule has 1 aliphatic heterocycles. The van der Waals surface area contributed by atoms with Crippen molar-refractivity contribution in [3.8, 4) is 22.6 Å². The van der Waals surface area contributed by atoms with Crippen molar-refractivity contribution in [2.45, 2.75) is 19.1 Å². The number of hydrogen-bond acceptors (Lipinski definition) is 4. The fourth-order valence-electron chi connectivity index (χ4n) is 4.27. The number of morpholine rings is 1. The predicted molar refractivity (Wildman–Crippen MR) is 141 cm³/mol. The fraction of sp³-hybridized carbons (Fsp3) is 0.214. The summed E-state index contributed by atoms with van der Waals surface area (Å²) in [6, 6.07) is 21.4. The van der Waals surface area contributed by atoms with Gasteiger partial charge in [-0.05, 0) is 53.1 Å². The SMILES string of the molecule is COc1ccc(CN2CCO[C@@H](Cc3cn(-c4cccc(-c5ccc(Cl)c(Cl)c5)c4)cn3)C2=O)cc1. The molecule has 8 heteroatoms. The maximum absolute atomic E-state index is 13.1. The van der Waals surface area contributed by atoms with E-state index in [0.29, 0.717) is 36.2 Å². The molecular formula is C28H25Cl2N3O3. The van der Waals surface area contributed by atoms with Gasteiger partial charge in [-0.2, -0.15) is 0 Å². The van der Waals surface area contributed by atoms with Gasteiger partial charge in [-0.1, -0.05) is 53.5 Å². The van der Waals surface area contributed by atoms with E-state index in [1.165, 1.54) is 0 Å². The van der Waals surface area contributed by atoms with Gasteiger partial charge >= 0.3 is 0 Å². The topological polar surface area (TPSA) is 56.6 Å². The Morgan fingerprint density at radius 2 is 1.83 bits per heavy atom. The minimum atomic E-state index is -0.553. The van der Waals surface area contributed by atoms with Crippen molar-refractivity contribution >= 4 is 29.1 Å². The second-order valence-corrected chi connectivity index (χ2v) is 9.44. The Bertz CT molecular complexity index is 1370. The summed E-state index contributed by atoms with van der Waals surface area (Å²) >= 11 is 12.3. The van der Waals surface area contributed by atoms with Crippen LogP contribution in [0.4, 0.5) is 0 Å². The Balaban J connectivity index is 1.27. The minimum absolute atomic E-state index is 0.0202. The zero-order valence-electron chi connectivity index (χ0n) is 19.7. The van der Waals surface area contributed by atoms with Crippen LogP contribution in [0.1, 0.15) is 11.3 Å². The molecule has 0 unspecified atom stereocenters. The average molecular weight is 522 g/mol. The maximum Gasteiger partial charge on any atom is 0.252 e. The monoisotopic (exact) mass is 521 g/mol.